The second-order valence-corrected chi connectivity index (χ2v) is 4.17. The highest BCUT2D eigenvalue weighted by molar-refractivity contribution is 5.91. The molecule has 0 atom stereocenters. The average Bonchev–Trinajstić information content (AvgIpc) is 2.39. The molecule has 1 saturated carbocycles. The van der Waals surface area contributed by atoms with Crippen LogP contribution in [-0.2, 0) is 4.79 Å². The number of rotatable bonds is 2. The number of carbonyl (C=O) groups is 1. The van der Waals surface area contributed by atoms with Gasteiger partial charge in [-0.2, -0.15) is 5.06 Å². The van der Waals surface area contributed by atoms with E-state index in [0.717, 1.165) is 25.7 Å². The van der Waals surface area contributed by atoms with Crippen molar-refractivity contribution >= 4 is 11.7 Å². The van der Waals surface area contributed by atoms with Gasteiger partial charge in [0, 0.05) is 12.1 Å². The molecule has 1 aliphatic rings. The van der Waals surface area contributed by atoms with Crippen molar-refractivity contribution in [2.24, 2.45) is 5.92 Å². The van der Waals surface area contributed by atoms with Gasteiger partial charge in [-0.15, -0.1) is 0 Å². The maximum absolute atomic E-state index is 11.9. The fourth-order valence-electron chi connectivity index (χ4n) is 2.11. The highest BCUT2D eigenvalue weighted by atomic mass is 16.5. The van der Waals surface area contributed by atoms with E-state index in [-0.39, 0.29) is 11.8 Å². The Kier molecular flexibility index (Phi) is 3.51. The smallest absolute Gasteiger partial charge is 0.255 e. The lowest BCUT2D eigenvalue weighted by Crippen LogP contribution is -2.34. The molecular formula is C12H16N2O2. The summed E-state index contributed by atoms with van der Waals surface area (Å²) in [5.41, 5.74) is 0. The number of carbonyl (C=O) groups excluding carboxylic acids is 1. The van der Waals surface area contributed by atoms with Gasteiger partial charge < -0.3 is 0 Å². The summed E-state index contributed by atoms with van der Waals surface area (Å²) in [4.78, 5) is 15.9. The van der Waals surface area contributed by atoms with Crippen molar-refractivity contribution in [3.05, 3.63) is 24.4 Å². The van der Waals surface area contributed by atoms with Crippen LogP contribution < -0.4 is 5.06 Å². The number of anilines is 1. The van der Waals surface area contributed by atoms with E-state index >= 15 is 0 Å². The van der Waals surface area contributed by atoms with Crippen LogP contribution in [0.3, 0.4) is 0 Å². The molecule has 1 N–H and O–H groups in total. The molecule has 4 nitrogen and oxygen atoms in total. The van der Waals surface area contributed by atoms with E-state index in [9.17, 15) is 10.0 Å². The second kappa shape index (κ2) is 5.07. The predicted octanol–water partition coefficient (Wildman–Crippen LogP) is 2.38. The Labute approximate surface area is 94.9 Å². The summed E-state index contributed by atoms with van der Waals surface area (Å²) >= 11 is 0. The molecule has 1 fully saturated rings. The van der Waals surface area contributed by atoms with Crippen LogP contribution in [-0.4, -0.2) is 16.1 Å². The standard InChI is InChI=1S/C12H16N2O2/c15-12(10-6-2-1-3-7-10)14(16)11-8-4-5-9-13-11/h4-5,8-10,16H,1-3,6-7H2. The van der Waals surface area contributed by atoms with E-state index in [1.165, 1.54) is 6.42 Å². The molecule has 1 aromatic heterocycles. The van der Waals surface area contributed by atoms with Crippen LogP contribution in [0, 0.1) is 5.92 Å². The lowest BCUT2D eigenvalue weighted by atomic mass is 9.88. The highest BCUT2D eigenvalue weighted by Crippen LogP contribution is 2.26. The first-order valence-electron chi connectivity index (χ1n) is 5.73. The molecule has 0 aliphatic heterocycles. The zero-order chi connectivity index (χ0) is 11.4. The van der Waals surface area contributed by atoms with Gasteiger partial charge in [0.15, 0.2) is 5.82 Å². The van der Waals surface area contributed by atoms with Crippen molar-refractivity contribution < 1.29 is 10.0 Å². The molecule has 0 spiro atoms. The zero-order valence-electron chi connectivity index (χ0n) is 9.17. The van der Waals surface area contributed by atoms with Crippen LogP contribution >= 0.6 is 0 Å². The molecule has 1 amide bonds. The van der Waals surface area contributed by atoms with Gasteiger partial charge in [0.1, 0.15) is 0 Å². The molecule has 0 aromatic carbocycles. The second-order valence-electron chi connectivity index (χ2n) is 4.17. The van der Waals surface area contributed by atoms with Gasteiger partial charge in [0.25, 0.3) is 5.91 Å². The first-order chi connectivity index (χ1) is 7.79. The third kappa shape index (κ3) is 2.39. The van der Waals surface area contributed by atoms with Crippen LogP contribution in [0.2, 0.25) is 0 Å². The highest BCUT2D eigenvalue weighted by Gasteiger charge is 2.26. The molecular weight excluding hydrogens is 204 g/mol. The summed E-state index contributed by atoms with van der Waals surface area (Å²) in [6.07, 6.45) is 6.66. The molecule has 1 heterocycles. The fourth-order valence-corrected chi connectivity index (χ4v) is 2.11. The SMILES string of the molecule is O=C(C1CCCCC1)N(O)c1ccccn1. The summed E-state index contributed by atoms with van der Waals surface area (Å²) in [5, 5.41) is 10.5. The fraction of sp³-hybridized carbons (Fsp3) is 0.500. The summed E-state index contributed by atoms with van der Waals surface area (Å²) in [6.45, 7) is 0. The number of pyridine rings is 1. The largest absolute Gasteiger partial charge is 0.280 e. The Balaban J connectivity index is 2.04. The number of amides is 1. The average molecular weight is 220 g/mol. The van der Waals surface area contributed by atoms with Gasteiger partial charge in [-0.3, -0.25) is 10.0 Å². The van der Waals surface area contributed by atoms with Gasteiger partial charge in [0.05, 0.1) is 0 Å². The normalized spacial score (nSPS) is 17.1. The van der Waals surface area contributed by atoms with Gasteiger partial charge in [0.2, 0.25) is 0 Å². The van der Waals surface area contributed by atoms with E-state index in [1.54, 1.807) is 24.4 Å². The van der Waals surface area contributed by atoms with Crippen LogP contribution in [0.1, 0.15) is 32.1 Å². The van der Waals surface area contributed by atoms with Crippen molar-refractivity contribution in [3.8, 4) is 0 Å². The van der Waals surface area contributed by atoms with Crippen molar-refractivity contribution in [2.45, 2.75) is 32.1 Å². The summed E-state index contributed by atoms with van der Waals surface area (Å²) in [7, 11) is 0. The van der Waals surface area contributed by atoms with Gasteiger partial charge in [-0.05, 0) is 25.0 Å². The number of nitrogens with zero attached hydrogens (tertiary/aromatic N) is 2. The third-order valence-electron chi connectivity index (χ3n) is 3.03. The van der Waals surface area contributed by atoms with Crippen molar-refractivity contribution in [1.82, 2.24) is 4.98 Å². The Morgan fingerprint density at radius 3 is 2.69 bits per heavy atom. The first kappa shape index (κ1) is 11.1. The Morgan fingerprint density at radius 1 is 1.31 bits per heavy atom. The molecule has 2 rings (SSSR count). The topological polar surface area (TPSA) is 53.4 Å². The Morgan fingerprint density at radius 2 is 2.06 bits per heavy atom. The molecule has 4 heteroatoms. The maximum Gasteiger partial charge on any atom is 0.255 e. The molecule has 0 radical (unpaired) electrons. The maximum atomic E-state index is 11.9. The monoisotopic (exact) mass is 220 g/mol. The van der Waals surface area contributed by atoms with Crippen LogP contribution in [0.25, 0.3) is 0 Å². The Hall–Kier alpha value is -1.42. The molecule has 0 saturated heterocycles. The molecule has 1 aromatic rings. The van der Waals surface area contributed by atoms with Crippen LogP contribution in [0.15, 0.2) is 24.4 Å². The van der Waals surface area contributed by atoms with Crippen molar-refractivity contribution in [2.75, 3.05) is 5.06 Å². The lowest BCUT2D eigenvalue weighted by Gasteiger charge is -2.24. The molecule has 0 bridgehead atoms. The third-order valence-corrected chi connectivity index (χ3v) is 3.03. The molecule has 86 valence electrons. The van der Waals surface area contributed by atoms with Gasteiger partial charge in [-0.25, -0.2) is 4.98 Å². The number of hydrogen-bond acceptors (Lipinski definition) is 3. The minimum atomic E-state index is -0.224. The summed E-state index contributed by atoms with van der Waals surface area (Å²) in [5.74, 6) is 0.0391. The first-order valence-corrected chi connectivity index (χ1v) is 5.73. The predicted molar refractivity (Wildman–Crippen MR) is 60.1 cm³/mol. The zero-order valence-corrected chi connectivity index (χ0v) is 9.17. The van der Waals surface area contributed by atoms with E-state index < -0.39 is 0 Å². The van der Waals surface area contributed by atoms with Gasteiger partial charge >= 0.3 is 0 Å². The summed E-state index contributed by atoms with van der Waals surface area (Å²) < 4.78 is 0. The van der Waals surface area contributed by atoms with Crippen LogP contribution in [0.5, 0.6) is 0 Å². The molecule has 16 heavy (non-hydrogen) atoms. The minimum Gasteiger partial charge on any atom is -0.280 e. The number of aromatic nitrogens is 1. The lowest BCUT2D eigenvalue weighted by molar-refractivity contribution is -0.128. The van der Waals surface area contributed by atoms with Crippen LogP contribution in [0.4, 0.5) is 5.82 Å². The van der Waals surface area contributed by atoms with E-state index in [4.69, 9.17) is 0 Å². The van der Waals surface area contributed by atoms with Crippen molar-refractivity contribution in [3.63, 3.8) is 0 Å². The number of hydrogen-bond donors (Lipinski definition) is 1. The van der Waals surface area contributed by atoms with E-state index in [2.05, 4.69) is 4.98 Å². The summed E-state index contributed by atoms with van der Waals surface area (Å²) in [6, 6.07) is 5.13. The van der Waals surface area contributed by atoms with E-state index in [0.29, 0.717) is 10.9 Å². The molecule has 1 aliphatic carbocycles. The quantitative estimate of drug-likeness (QED) is 0.615. The number of hydroxylamine groups is 1. The Bertz CT molecular complexity index is 347. The van der Waals surface area contributed by atoms with E-state index in [1.807, 2.05) is 0 Å². The minimum absolute atomic E-state index is 0.0410. The molecule has 0 unspecified atom stereocenters. The van der Waals surface area contributed by atoms with Crippen molar-refractivity contribution in [1.29, 1.82) is 0 Å². The van der Waals surface area contributed by atoms with Gasteiger partial charge in [-0.1, -0.05) is 25.3 Å².